The highest BCUT2D eigenvalue weighted by molar-refractivity contribution is 5.72. The molecule has 1 unspecified atom stereocenters. The second-order valence-electron chi connectivity index (χ2n) is 3.62. The van der Waals surface area contributed by atoms with Gasteiger partial charge in [0.1, 0.15) is 0 Å². The van der Waals surface area contributed by atoms with Crippen LogP contribution in [0.4, 0.5) is 0 Å². The minimum absolute atomic E-state index is 0.519. The van der Waals surface area contributed by atoms with Crippen LogP contribution in [-0.4, -0.2) is 27.0 Å². The van der Waals surface area contributed by atoms with Crippen molar-refractivity contribution in [2.24, 2.45) is 0 Å². The maximum absolute atomic E-state index is 10.9. The second kappa shape index (κ2) is 6.15. The van der Waals surface area contributed by atoms with Gasteiger partial charge in [0.25, 0.3) is 0 Å². The minimum atomic E-state index is -0.919. The Labute approximate surface area is 95.0 Å². The highest BCUT2D eigenvalue weighted by Gasteiger charge is 2.19. The molecule has 0 radical (unpaired) electrons. The molecule has 0 aliphatic heterocycles. The lowest BCUT2D eigenvalue weighted by molar-refractivity contribution is -0.145. The van der Waals surface area contributed by atoms with Gasteiger partial charge in [0.15, 0.2) is 11.9 Å². The molecule has 0 spiro atoms. The number of aromatic nitrogens is 2. The van der Waals surface area contributed by atoms with Gasteiger partial charge in [-0.2, -0.15) is 5.10 Å². The smallest absolute Gasteiger partial charge is 0.344 e. The van der Waals surface area contributed by atoms with Gasteiger partial charge in [-0.1, -0.05) is 13.3 Å². The number of carbonyl (C=O) groups is 1. The summed E-state index contributed by atoms with van der Waals surface area (Å²) in [6, 6.07) is 0. The van der Waals surface area contributed by atoms with Crippen molar-refractivity contribution in [2.75, 3.05) is 0 Å². The van der Waals surface area contributed by atoms with Crippen molar-refractivity contribution in [3.8, 4) is 5.75 Å². The zero-order valence-electron chi connectivity index (χ0n) is 9.72. The molecule has 5 heteroatoms. The quantitative estimate of drug-likeness (QED) is 0.771. The van der Waals surface area contributed by atoms with E-state index < -0.39 is 12.1 Å². The summed E-state index contributed by atoms with van der Waals surface area (Å²) >= 11 is 0. The van der Waals surface area contributed by atoms with Gasteiger partial charge in [-0.25, -0.2) is 4.79 Å². The lowest BCUT2D eigenvalue weighted by atomic mass is 10.1. The van der Waals surface area contributed by atoms with E-state index in [4.69, 9.17) is 9.84 Å². The van der Waals surface area contributed by atoms with Crippen LogP contribution in [-0.2, 0) is 11.3 Å². The van der Waals surface area contributed by atoms with Crippen molar-refractivity contribution in [2.45, 2.75) is 45.8 Å². The maximum atomic E-state index is 10.9. The van der Waals surface area contributed by atoms with Crippen LogP contribution in [0, 0.1) is 0 Å². The number of carboxylic acid groups (broad SMARTS) is 1. The summed E-state index contributed by atoms with van der Waals surface area (Å²) in [7, 11) is 0. The summed E-state index contributed by atoms with van der Waals surface area (Å²) < 4.78 is 7.08. The second-order valence-corrected chi connectivity index (χ2v) is 3.62. The standard InChI is InChI=1S/C11H18N2O3/c1-3-5-6-10(11(14)15)16-9-7-12-13(4-2)8-9/h7-8,10H,3-6H2,1-2H3,(H,14,15). The summed E-state index contributed by atoms with van der Waals surface area (Å²) in [6.07, 6.45) is 4.82. The van der Waals surface area contributed by atoms with E-state index in [0.29, 0.717) is 12.2 Å². The molecule has 0 bridgehead atoms. The first-order valence-electron chi connectivity index (χ1n) is 5.59. The maximum Gasteiger partial charge on any atom is 0.344 e. The Morgan fingerprint density at radius 1 is 1.62 bits per heavy atom. The van der Waals surface area contributed by atoms with Gasteiger partial charge in [0.2, 0.25) is 0 Å². The lowest BCUT2D eigenvalue weighted by Crippen LogP contribution is -2.26. The van der Waals surface area contributed by atoms with Crippen molar-refractivity contribution < 1.29 is 14.6 Å². The molecule has 0 saturated heterocycles. The van der Waals surface area contributed by atoms with Gasteiger partial charge in [0, 0.05) is 6.54 Å². The first-order valence-corrected chi connectivity index (χ1v) is 5.59. The third kappa shape index (κ3) is 3.56. The van der Waals surface area contributed by atoms with Gasteiger partial charge < -0.3 is 9.84 Å². The zero-order valence-corrected chi connectivity index (χ0v) is 9.72. The van der Waals surface area contributed by atoms with E-state index in [9.17, 15) is 4.79 Å². The molecule has 0 amide bonds. The molecule has 1 heterocycles. The van der Waals surface area contributed by atoms with Crippen LogP contribution in [0.25, 0.3) is 0 Å². The van der Waals surface area contributed by atoms with Crippen LogP contribution in [0.15, 0.2) is 12.4 Å². The number of nitrogens with zero attached hydrogens (tertiary/aromatic N) is 2. The van der Waals surface area contributed by atoms with E-state index in [2.05, 4.69) is 5.10 Å². The Bertz CT molecular complexity index is 336. The van der Waals surface area contributed by atoms with Crippen LogP contribution in [0.2, 0.25) is 0 Å². The number of unbranched alkanes of at least 4 members (excludes halogenated alkanes) is 1. The Hall–Kier alpha value is -1.52. The monoisotopic (exact) mass is 226 g/mol. The predicted octanol–water partition coefficient (Wildman–Crippen LogP) is 1.93. The minimum Gasteiger partial charge on any atom is -0.479 e. The van der Waals surface area contributed by atoms with Crippen LogP contribution < -0.4 is 4.74 Å². The number of aryl methyl sites for hydroxylation is 1. The van der Waals surface area contributed by atoms with Crippen molar-refractivity contribution in [1.29, 1.82) is 0 Å². The summed E-state index contributed by atoms with van der Waals surface area (Å²) in [4.78, 5) is 10.9. The van der Waals surface area contributed by atoms with Crippen LogP contribution in [0.5, 0.6) is 5.75 Å². The number of aliphatic carboxylic acids is 1. The molecule has 1 aromatic rings. The molecule has 0 aromatic carbocycles. The van der Waals surface area contributed by atoms with E-state index in [1.807, 2.05) is 13.8 Å². The molecule has 5 nitrogen and oxygen atoms in total. The number of rotatable bonds is 7. The molecule has 1 aromatic heterocycles. The van der Waals surface area contributed by atoms with Crippen molar-refractivity contribution in [3.63, 3.8) is 0 Å². The molecule has 0 aliphatic rings. The Balaban J connectivity index is 2.56. The normalized spacial score (nSPS) is 12.4. The van der Waals surface area contributed by atoms with E-state index in [1.165, 1.54) is 0 Å². The van der Waals surface area contributed by atoms with E-state index >= 15 is 0 Å². The van der Waals surface area contributed by atoms with Gasteiger partial charge in [-0.15, -0.1) is 0 Å². The molecule has 0 saturated carbocycles. The van der Waals surface area contributed by atoms with Crippen LogP contribution in [0.1, 0.15) is 33.1 Å². The molecule has 0 aliphatic carbocycles. The fraction of sp³-hybridized carbons (Fsp3) is 0.636. The summed E-state index contributed by atoms with van der Waals surface area (Å²) in [5, 5.41) is 13.0. The summed E-state index contributed by atoms with van der Waals surface area (Å²) in [5.74, 6) is -0.400. The van der Waals surface area contributed by atoms with Crippen molar-refractivity contribution >= 4 is 5.97 Å². The Morgan fingerprint density at radius 3 is 2.88 bits per heavy atom. The summed E-state index contributed by atoms with van der Waals surface area (Å²) in [5.41, 5.74) is 0. The third-order valence-corrected chi connectivity index (χ3v) is 2.31. The Kier molecular flexibility index (Phi) is 4.82. The topological polar surface area (TPSA) is 64.4 Å². The number of carboxylic acids is 1. The summed E-state index contributed by atoms with van der Waals surface area (Å²) in [6.45, 7) is 4.73. The average molecular weight is 226 g/mol. The molecule has 90 valence electrons. The Morgan fingerprint density at radius 2 is 2.38 bits per heavy atom. The van der Waals surface area contributed by atoms with Crippen molar-refractivity contribution in [1.82, 2.24) is 9.78 Å². The van der Waals surface area contributed by atoms with E-state index in [-0.39, 0.29) is 0 Å². The first-order chi connectivity index (χ1) is 7.67. The number of hydrogen-bond acceptors (Lipinski definition) is 3. The molecular weight excluding hydrogens is 208 g/mol. The number of hydrogen-bond donors (Lipinski definition) is 1. The van der Waals surface area contributed by atoms with Crippen LogP contribution in [0.3, 0.4) is 0 Å². The SMILES string of the molecule is CCCCC(Oc1cnn(CC)c1)C(=O)O. The highest BCUT2D eigenvalue weighted by atomic mass is 16.5. The van der Waals surface area contributed by atoms with Gasteiger partial charge >= 0.3 is 5.97 Å². The van der Waals surface area contributed by atoms with E-state index in [1.54, 1.807) is 17.1 Å². The molecule has 1 atom stereocenters. The average Bonchev–Trinajstić information content (AvgIpc) is 2.71. The van der Waals surface area contributed by atoms with E-state index in [0.717, 1.165) is 19.4 Å². The largest absolute Gasteiger partial charge is 0.479 e. The molecule has 1 rings (SSSR count). The lowest BCUT2D eigenvalue weighted by Gasteiger charge is -2.12. The zero-order chi connectivity index (χ0) is 12.0. The predicted molar refractivity (Wildman–Crippen MR) is 59.5 cm³/mol. The highest BCUT2D eigenvalue weighted by Crippen LogP contribution is 2.14. The van der Waals surface area contributed by atoms with Gasteiger partial charge in [0.05, 0.1) is 12.4 Å². The molecule has 0 fully saturated rings. The number of ether oxygens (including phenoxy) is 1. The van der Waals surface area contributed by atoms with Crippen LogP contribution >= 0.6 is 0 Å². The van der Waals surface area contributed by atoms with Gasteiger partial charge in [-0.05, 0) is 19.8 Å². The molecule has 16 heavy (non-hydrogen) atoms. The van der Waals surface area contributed by atoms with Gasteiger partial charge in [-0.3, -0.25) is 4.68 Å². The molecular formula is C11H18N2O3. The fourth-order valence-electron chi connectivity index (χ4n) is 1.36. The molecule has 1 N–H and O–H groups in total. The fourth-order valence-corrected chi connectivity index (χ4v) is 1.36. The first kappa shape index (κ1) is 12.5. The third-order valence-electron chi connectivity index (χ3n) is 2.31. The van der Waals surface area contributed by atoms with Crippen molar-refractivity contribution in [3.05, 3.63) is 12.4 Å².